The lowest BCUT2D eigenvalue weighted by atomic mass is 10.0. The van der Waals surface area contributed by atoms with Crippen LogP contribution in [0.2, 0.25) is 10.0 Å². The van der Waals surface area contributed by atoms with Gasteiger partial charge in [-0.05, 0) is 23.8 Å². The molecule has 1 atom stereocenters. The fourth-order valence-corrected chi connectivity index (χ4v) is 2.62. The first kappa shape index (κ1) is 28.5. The van der Waals surface area contributed by atoms with E-state index in [0.29, 0.717) is 55.2 Å². The molecule has 0 saturated heterocycles. The van der Waals surface area contributed by atoms with Crippen LogP contribution in [0.25, 0.3) is 0 Å². The Labute approximate surface area is 187 Å². The van der Waals surface area contributed by atoms with Gasteiger partial charge in [0.05, 0.1) is 59.2 Å². The van der Waals surface area contributed by atoms with Gasteiger partial charge in [-0.3, -0.25) is 9.59 Å². The Bertz CT molecular complexity index is 576. The quantitative estimate of drug-likeness (QED) is 0.291. The Morgan fingerprint density at radius 1 is 0.967 bits per heavy atom. The molecule has 0 aromatic heterocycles. The van der Waals surface area contributed by atoms with Crippen molar-refractivity contribution in [2.24, 2.45) is 11.5 Å². The van der Waals surface area contributed by atoms with Gasteiger partial charge in [0.1, 0.15) is 0 Å². The minimum atomic E-state index is -0.584. The molecular formula is C19H31Cl2N3O6. The second-order valence-electron chi connectivity index (χ2n) is 5.81. The molecule has 0 aliphatic carbocycles. The van der Waals surface area contributed by atoms with Crippen molar-refractivity contribution in [1.82, 2.24) is 5.32 Å². The fourth-order valence-electron chi connectivity index (χ4n) is 2.08. The number of hydrogen-bond donors (Lipinski definition) is 3. The van der Waals surface area contributed by atoms with Crippen LogP contribution in [0.4, 0.5) is 0 Å². The average molecular weight is 468 g/mol. The van der Waals surface area contributed by atoms with Gasteiger partial charge in [-0.2, -0.15) is 0 Å². The number of benzene rings is 1. The molecular weight excluding hydrogens is 437 g/mol. The van der Waals surface area contributed by atoms with Gasteiger partial charge in [0.25, 0.3) is 0 Å². The average Bonchev–Trinajstić information content (AvgIpc) is 2.72. The lowest BCUT2D eigenvalue weighted by Gasteiger charge is -2.18. The van der Waals surface area contributed by atoms with Crippen molar-refractivity contribution in [3.8, 4) is 0 Å². The molecule has 0 fully saturated rings. The van der Waals surface area contributed by atoms with Crippen LogP contribution in [-0.4, -0.2) is 72.2 Å². The van der Waals surface area contributed by atoms with Crippen LogP contribution in [0.15, 0.2) is 18.2 Å². The summed E-state index contributed by atoms with van der Waals surface area (Å²) < 4.78 is 19.6. The molecule has 0 heterocycles. The second-order valence-corrected chi connectivity index (χ2v) is 6.69. The first-order valence-electron chi connectivity index (χ1n) is 9.24. The Balaban J connectivity index is 0.000000654. The highest BCUT2D eigenvalue weighted by molar-refractivity contribution is 6.34. The Hall–Kier alpha value is -1.46. The monoisotopic (exact) mass is 467 g/mol. The minimum absolute atomic E-state index is 0.0289. The van der Waals surface area contributed by atoms with Crippen LogP contribution < -0.4 is 16.8 Å². The number of carbonyl (C=O) groups is 2. The van der Waals surface area contributed by atoms with E-state index in [0.717, 1.165) is 0 Å². The molecule has 1 amide bonds. The first-order chi connectivity index (χ1) is 14.4. The fraction of sp³-hybridized carbons (Fsp3) is 0.579. The molecule has 0 aliphatic rings. The van der Waals surface area contributed by atoms with Gasteiger partial charge in [-0.25, -0.2) is 0 Å². The molecule has 172 valence electrons. The molecule has 5 N–H and O–H groups in total. The third-order valence-corrected chi connectivity index (χ3v) is 3.91. The number of hydrogen-bond acceptors (Lipinski definition) is 8. The second kappa shape index (κ2) is 18.3. The van der Waals surface area contributed by atoms with Gasteiger partial charge in [0.15, 0.2) is 0 Å². The number of amides is 1. The number of nitrogens with one attached hydrogen (secondary N) is 1. The zero-order valence-corrected chi connectivity index (χ0v) is 18.8. The van der Waals surface area contributed by atoms with E-state index in [-0.39, 0.29) is 18.9 Å². The van der Waals surface area contributed by atoms with Crippen molar-refractivity contribution >= 4 is 35.1 Å². The predicted octanol–water partition coefficient (Wildman–Crippen LogP) is 1.30. The van der Waals surface area contributed by atoms with Gasteiger partial charge < -0.3 is 35.7 Å². The molecule has 11 heteroatoms. The number of rotatable bonds is 13. The molecule has 1 aromatic rings. The van der Waals surface area contributed by atoms with E-state index in [4.69, 9.17) is 48.9 Å². The van der Waals surface area contributed by atoms with Crippen LogP contribution >= 0.6 is 23.2 Å². The summed E-state index contributed by atoms with van der Waals surface area (Å²) in [4.78, 5) is 22.7. The van der Waals surface area contributed by atoms with E-state index in [1.54, 1.807) is 25.3 Å². The zero-order chi connectivity index (χ0) is 22.8. The van der Waals surface area contributed by atoms with Gasteiger partial charge in [-0.1, -0.05) is 23.2 Å². The number of halogens is 2. The van der Waals surface area contributed by atoms with E-state index in [9.17, 15) is 9.59 Å². The van der Waals surface area contributed by atoms with Gasteiger partial charge in [0.2, 0.25) is 5.91 Å². The molecule has 0 saturated carbocycles. The maximum absolute atomic E-state index is 11.4. The number of esters is 1. The predicted molar refractivity (Wildman–Crippen MR) is 116 cm³/mol. The molecule has 9 nitrogen and oxygen atoms in total. The highest BCUT2D eigenvalue weighted by Crippen LogP contribution is 2.25. The van der Waals surface area contributed by atoms with Gasteiger partial charge in [0, 0.05) is 23.7 Å². The Morgan fingerprint density at radius 2 is 1.53 bits per heavy atom. The maximum Gasteiger partial charge on any atom is 0.307 e. The number of carbonyl (C=O) groups excluding carboxylic acids is 2. The molecule has 30 heavy (non-hydrogen) atoms. The van der Waals surface area contributed by atoms with Crippen molar-refractivity contribution in [3.05, 3.63) is 33.8 Å². The topological polar surface area (TPSA) is 135 Å². The minimum Gasteiger partial charge on any atom is -0.469 e. The van der Waals surface area contributed by atoms with Crippen LogP contribution in [-0.2, 0) is 28.5 Å². The van der Waals surface area contributed by atoms with Gasteiger partial charge in [-0.15, -0.1) is 0 Å². The molecule has 0 aliphatic heterocycles. The lowest BCUT2D eigenvalue weighted by molar-refractivity contribution is -0.141. The van der Waals surface area contributed by atoms with Crippen molar-refractivity contribution in [1.29, 1.82) is 0 Å². The van der Waals surface area contributed by atoms with E-state index in [1.165, 1.54) is 7.11 Å². The summed E-state index contributed by atoms with van der Waals surface area (Å²) in [6.07, 6.45) is -0.0289. The first-order valence-corrected chi connectivity index (χ1v) is 10.00. The van der Waals surface area contributed by atoms with Crippen molar-refractivity contribution in [2.45, 2.75) is 12.5 Å². The summed E-state index contributed by atoms with van der Waals surface area (Å²) in [6.45, 7) is 3.49. The standard InChI is InChI=1S/C12H14Cl2N2O3.C7H17NO3/c1-19-12(18)5-10(16-11(17)6-15)7-2-8(13)4-9(14)3-7;1-9-4-5-11-7-6-10-3-2-8/h2-4,10H,5-6,15H2,1H3,(H,16,17);2-8H2,1H3. The van der Waals surface area contributed by atoms with Gasteiger partial charge >= 0.3 is 5.97 Å². The highest BCUT2D eigenvalue weighted by atomic mass is 35.5. The summed E-state index contributed by atoms with van der Waals surface area (Å²) in [5.41, 5.74) is 11.1. The van der Waals surface area contributed by atoms with Crippen molar-refractivity contribution in [2.75, 3.05) is 60.3 Å². The zero-order valence-electron chi connectivity index (χ0n) is 17.3. The Kier molecular flexibility index (Phi) is 17.4. The van der Waals surface area contributed by atoms with Crippen LogP contribution in [0.3, 0.4) is 0 Å². The summed E-state index contributed by atoms with van der Waals surface area (Å²) in [7, 11) is 2.92. The molecule has 1 rings (SSSR count). The summed E-state index contributed by atoms with van der Waals surface area (Å²) >= 11 is 11.8. The highest BCUT2D eigenvalue weighted by Gasteiger charge is 2.19. The number of methoxy groups -OCH3 is 2. The third-order valence-electron chi connectivity index (χ3n) is 3.47. The Morgan fingerprint density at radius 3 is 2.03 bits per heavy atom. The SMILES string of the molecule is COC(=O)CC(NC(=O)CN)c1cc(Cl)cc(Cl)c1.COCCOCCOCCN. The molecule has 0 radical (unpaired) electrons. The van der Waals surface area contributed by atoms with Crippen molar-refractivity contribution < 1.29 is 28.5 Å². The van der Waals surface area contributed by atoms with E-state index in [1.807, 2.05) is 0 Å². The number of ether oxygens (including phenoxy) is 4. The molecule has 0 bridgehead atoms. The number of nitrogens with two attached hydrogens (primary N) is 2. The normalized spacial score (nSPS) is 11.3. The lowest BCUT2D eigenvalue weighted by Crippen LogP contribution is -2.35. The van der Waals surface area contributed by atoms with E-state index < -0.39 is 12.0 Å². The molecule has 0 spiro atoms. The van der Waals surface area contributed by atoms with Crippen molar-refractivity contribution in [3.63, 3.8) is 0 Å². The van der Waals surface area contributed by atoms with Crippen LogP contribution in [0.5, 0.6) is 0 Å². The van der Waals surface area contributed by atoms with E-state index >= 15 is 0 Å². The largest absolute Gasteiger partial charge is 0.469 e. The third kappa shape index (κ3) is 14.5. The molecule has 1 unspecified atom stereocenters. The van der Waals surface area contributed by atoms with Crippen LogP contribution in [0.1, 0.15) is 18.0 Å². The smallest absolute Gasteiger partial charge is 0.307 e. The van der Waals surface area contributed by atoms with E-state index in [2.05, 4.69) is 10.1 Å². The summed E-state index contributed by atoms with van der Waals surface area (Å²) in [5, 5.41) is 3.45. The van der Waals surface area contributed by atoms with Crippen LogP contribution in [0, 0.1) is 0 Å². The maximum atomic E-state index is 11.4. The summed E-state index contributed by atoms with van der Waals surface area (Å²) in [6, 6.07) is 4.22. The molecule has 1 aromatic carbocycles. The summed E-state index contributed by atoms with van der Waals surface area (Å²) in [5.74, 6) is -0.844.